The van der Waals surface area contributed by atoms with E-state index in [4.69, 9.17) is 5.11 Å². The van der Waals surface area contributed by atoms with Crippen LogP contribution in [0.4, 0.5) is 4.39 Å². The van der Waals surface area contributed by atoms with E-state index in [0.29, 0.717) is 0 Å². The van der Waals surface area contributed by atoms with Gasteiger partial charge in [-0.3, -0.25) is 4.79 Å². The average molecular weight is 170 g/mol. The maximum Gasteiger partial charge on any atom is 0.378 e. The molecular formula is C6H3FN2O3. The Morgan fingerprint density at radius 3 is 2.67 bits per heavy atom. The Labute approximate surface area is 65.9 Å². The number of rotatable bonds is 2. The lowest BCUT2D eigenvalue weighted by Gasteiger charge is -1.92. The minimum absolute atomic E-state index is 0.463. The average Bonchev–Trinajstić information content (AvgIpc) is 2.03. The van der Waals surface area contributed by atoms with Gasteiger partial charge in [0.1, 0.15) is 5.69 Å². The molecule has 0 aliphatic carbocycles. The highest BCUT2D eigenvalue weighted by atomic mass is 19.1. The number of carbonyl (C=O) groups excluding carboxylic acids is 1. The van der Waals surface area contributed by atoms with E-state index in [2.05, 4.69) is 9.97 Å². The number of carboxylic acid groups (broad SMARTS) is 1. The lowest BCUT2D eigenvalue weighted by molar-refractivity contribution is -0.131. The molecule has 0 bridgehead atoms. The third-order valence-electron chi connectivity index (χ3n) is 1.05. The van der Waals surface area contributed by atoms with Crippen LogP contribution in [0.5, 0.6) is 0 Å². The highest BCUT2D eigenvalue weighted by Crippen LogP contribution is 1.95. The summed E-state index contributed by atoms with van der Waals surface area (Å²) in [5.41, 5.74) is -0.463. The van der Waals surface area contributed by atoms with Crippen LogP contribution in [0, 0.1) is 6.08 Å². The standard InChI is InChI=1S/C6H3FN2O3/c7-6-8-2-1-3(9-6)4(10)5(11)12/h1-2H,(H,11,12). The summed E-state index contributed by atoms with van der Waals surface area (Å²) in [4.78, 5) is 26.8. The topological polar surface area (TPSA) is 80.1 Å². The molecule has 1 N–H and O–H groups in total. The van der Waals surface area contributed by atoms with E-state index in [0.717, 1.165) is 12.3 Å². The molecule has 0 saturated carbocycles. The lowest BCUT2D eigenvalue weighted by Crippen LogP contribution is -2.15. The molecule has 0 aliphatic heterocycles. The monoisotopic (exact) mass is 170 g/mol. The van der Waals surface area contributed by atoms with Crippen molar-refractivity contribution in [1.29, 1.82) is 0 Å². The van der Waals surface area contributed by atoms with Gasteiger partial charge in [-0.05, 0) is 6.07 Å². The van der Waals surface area contributed by atoms with Crippen molar-refractivity contribution < 1.29 is 19.1 Å². The predicted molar refractivity (Wildman–Crippen MR) is 34.0 cm³/mol. The van der Waals surface area contributed by atoms with Crippen LogP contribution in [0.15, 0.2) is 12.3 Å². The van der Waals surface area contributed by atoms with Gasteiger partial charge in [-0.2, -0.15) is 9.37 Å². The molecule has 0 radical (unpaired) electrons. The first-order valence-electron chi connectivity index (χ1n) is 2.87. The Hall–Kier alpha value is -1.85. The number of ketones is 1. The van der Waals surface area contributed by atoms with Crippen LogP contribution in [-0.4, -0.2) is 26.8 Å². The van der Waals surface area contributed by atoms with Crippen molar-refractivity contribution >= 4 is 11.8 Å². The van der Waals surface area contributed by atoms with Gasteiger partial charge >= 0.3 is 12.0 Å². The van der Waals surface area contributed by atoms with Crippen LogP contribution in [0.1, 0.15) is 10.5 Å². The van der Waals surface area contributed by atoms with Crippen LogP contribution < -0.4 is 0 Å². The third-order valence-corrected chi connectivity index (χ3v) is 1.05. The van der Waals surface area contributed by atoms with Crippen molar-refractivity contribution in [2.24, 2.45) is 0 Å². The van der Waals surface area contributed by atoms with Crippen molar-refractivity contribution in [3.8, 4) is 0 Å². The van der Waals surface area contributed by atoms with E-state index in [9.17, 15) is 14.0 Å². The molecule has 0 spiro atoms. The highest BCUT2D eigenvalue weighted by Gasteiger charge is 2.16. The molecule has 12 heavy (non-hydrogen) atoms. The molecule has 0 unspecified atom stereocenters. The van der Waals surface area contributed by atoms with Gasteiger partial charge in [0.05, 0.1) is 0 Å². The second kappa shape index (κ2) is 3.04. The first-order valence-corrected chi connectivity index (χ1v) is 2.87. The molecule has 62 valence electrons. The Morgan fingerprint density at radius 1 is 1.50 bits per heavy atom. The first-order chi connectivity index (χ1) is 5.61. The molecule has 1 aromatic heterocycles. The summed E-state index contributed by atoms with van der Waals surface area (Å²) in [5.74, 6) is -2.93. The number of halogens is 1. The van der Waals surface area contributed by atoms with Crippen molar-refractivity contribution in [3.05, 3.63) is 24.0 Å². The quantitative estimate of drug-likeness (QED) is 0.380. The van der Waals surface area contributed by atoms with E-state index in [1.54, 1.807) is 0 Å². The summed E-state index contributed by atoms with van der Waals surface area (Å²) in [6.45, 7) is 0. The number of aliphatic carboxylic acids is 1. The molecule has 1 rings (SSSR count). The normalized spacial score (nSPS) is 9.42. The van der Waals surface area contributed by atoms with Gasteiger partial charge in [0, 0.05) is 6.20 Å². The summed E-state index contributed by atoms with van der Waals surface area (Å²) >= 11 is 0. The molecule has 1 heterocycles. The van der Waals surface area contributed by atoms with Gasteiger partial charge in [-0.1, -0.05) is 0 Å². The van der Waals surface area contributed by atoms with E-state index in [1.807, 2.05) is 0 Å². The zero-order valence-corrected chi connectivity index (χ0v) is 5.69. The Morgan fingerprint density at radius 2 is 2.17 bits per heavy atom. The SMILES string of the molecule is O=C(O)C(=O)c1ccnc(F)n1. The largest absolute Gasteiger partial charge is 0.475 e. The zero-order valence-electron chi connectivity index (χ0n) is 5.69. The highest BCUT2D eigenvalue weighted by molar-refractivity contribution is 6.39. The lowest BCUT2D eigenvalue weighted by atomic mass is 10.3. The number of hydrogen-bond donors (Lipinski definition) is 1. The van der Waals surface area contributed by atoms with Gasteiger partial charge in [0.2, 0.25) is 0 Å². The van der Waals surface area contributed by atoms with Crippen molar-refractivity contribution in [3.63, 3.8) is 0 Å². The molecule has 5 nitrogen and oxygen atoms in total. The second-order valence-electron chi connectivity index (χ2n) is 1.85. The predicted octanol–water partition coefficient (Wildman–Crippen LogP) is -0.117. The summed E-state index contributed by atoms with van der Waals surface area (Å²) in [6.07, 6.45) is -0.152. The molecule has 0 aliphatic rings. The van der Waals surface area contributed by atoms with Gasteiger partial charge in [0.25, 0.3) is 5.78 Å². The molecule has 6 heteroatoms. The van der Waals surface area contributed by atoms with Crippen LogP contribution in [0.3, 0.4) is 0 Å². The van der Waals surface area contributed by atoms with Gasteiger partial charge < -0.3 is 5.11 Å². The number of nitrogens with zero attached hydrogens (tertiary/aromatic N) is 2. The summed E-state index contributed by atoms with van der Waals surface area (Å²) in [5, 5.41) is 8.19. The minimum Gasteiger partial charge on any atom is -0.475 e. The smallest absolute Gasteiger partial charge is 0.378 e. The Balaban J connectivity index is 3.04. The van der Waals surface area contributed by atoms with Gasteiger partial charge in [-0.25, -0.2) is 9.78 Å². The fourth-order valence-electron chi connectivity index (χ4n) is 0.571. The second-order valence-corrected chi connectivity index (χ2v) is 1.85. The number of aromatic nitrogens is 2. The van der Waals surface area contributed by atoms with E-state index < -0.39 is 23.5 Å². The number of carbonyl (C=O) groups is 2. The van der Waals surface area contributed by atoms with E-state index in [1.165, 1.54) is 0 Å². The Kier molecular flexibility index (Phi) is 2.09. The minimum atomic E-state index is -1.67. The van der Waals surface area contributed by atoms with Crippen LogP contribution in [0.2, 0.25) is 0 Å². The van der Waals surface area contributed by atoms with Gasteiger partial charge in [-0.15, -0.1) is 0 Å². The molecule has 0 saturated heterocycles. The fraction of sp³-hybridized carbons (Fsp3) is 0. The summed E-state index contributed by atoms with van der Waals surface area (Å²) < 4.78 is 12.2. The van der Waals surface area contributed by atoms with Crippen LogP contribution in [0.25, 0.3) is 0 Å². The molecule has 0 aromatic carbocycles. The molecular weight excluding hydrogens is 167 g/mol. The van der Waals surface area contributed by atoms with E-state index in [-0.39, 0.29) is 0 Å². The van der Waals surface area contributed by atoms with Crippen molar-refractivity contribution in [2.45, 2.75) is 0 Å². The summed E-state index contributed by atoms with van der Waals surface area (Å²) in [6, 6.07) is 1.03. The number of Topliss-reactive ketones (excluding diaryl/α,β-unsaturated/α-hetero) is 1. The molecule has 0 atom stereocenters. The maximum absolute atomic E-state index is 12.2. The maximum atomic E-state index is 12.2. The Bertz CT molecular complexity index is 339. The fourth-order valence-corrected chi connectivity index (χ4v) is 0.571. The van der Waals surface area contributed by atoms with Gasteiger partial charge in [0.15, 0.2) is 0 Å². The van der Waals surface area contributed by atoms with Crippen molar-refractivity contribution in [2.75, 3.05) is 0 Å². The van der Waals surface area contributed by atoms with E-state index >= 15 is 0 Å². The molecule has 0 fully saturated rings. The first kappa shape index (κ1) is 8.25. The molecule has 1 aromatic rings. The molecule has 0 amide bonds. The van der Waals surface area contributed by atoms with Crippen LogP contribution >= 0.6 is 0 Å². The number of carboxylic acids is 1. The number of hydrogen-bond acceptors (Lipinski definition) is 4. The summed E-state index contributed by atoms with van der Waals surface area (Å²) in [7, 11) is 0. The third kappa shape index (κ3) is 1.60. The van der Waals surface area contributed by atoms with Crippen molar-refractivity contribution in [1.82, 2.24) is 9.97 Å². The van der Waals surface area contributed by atoms with Crippen LogP contribution in [-0.2, 0) is 4.79 Å². The zero-order chi connectivity index (χ0) is 9.14.